The summed E-state index contributed by atoms with van der Waals surface area (Å²) in [6.07, 6.45) is 5.13. The molecule has 0 radical (unpaired) electrons. The highest BCUT2D eigenvalue weighted by Crippen LogP contribution is 2.34. The van der Waals surface area contributed by atoms with Crippen molar-refractivity contribution in [2.75, 3.05) is 13.7 Å². The number of amides is 1. The van der Waals surface area contributed by atoms with Gasteiger partial charge in [0.05, 0.1) is 13.2 Å². The number of ether oxygens (including phenoxy) is 1. The standard InChI is InChI=1S/C21H23N5O4S/c1-30-17-10-7-14(13-18(17)31(28,29)24-15-8-9-15)21(27)25-12-4-5-16(25)20-23-22-19-6-2-3-11-26(19)20/h2-3,6-7,10-11,13,15-16,24H,4-5,8-9,12H2,1H3/t16-/m0/s1. The second-order valence-corrected chi connectivity index (χ2v) is 9.59. The average Bonchev–Trinajstić information content (AvgIpc) is 3.27. The van der Waals surface area contributed by atoms with E-state index in [2.05, 4.69) is 14.9 Å². The summed E-state index contributed by atoms with van der Waals surface area (Å²) in [5.41, 5.74) is 1.03. The van der Waals surface area contributed by atoms with Gasteiger partial charge in [-0.25, -0.2) is 13.1 Å². The fourth-order valence-corrected chi connectivity index (χ4v) is 5.53. The van der Waals surface area contributed by atoms with Crippen LogP contribution in [0.15, 0.2) is 47.5 Å². The second kappa shape index (κ2) is 7.61. The molecule has 1 saturated heterocycles. The number of hydrogen-bond donors (Lipinski definition) is 1. The summed E-state index contributed by atoms with van der Waals surface area (Å²) in [4.78, 5) is 15.1. The minimum atomic E-state index is -3.78. The van der Waals surface area contributed by atoms with E-state index in [0.29, 0.717) is 17.9 Å². The van der Waals surface area contributed by atoms with Gasteiger partial charge in [-0.1, -0.05) is 6.07 Å². The van der Waals surface area contributed by atoms with E-state index in [4.69, 9.17) is 4.74 Å². The molecule has 3 aromatic rings. The van der Waals surface area contributed by atoms with Gasteiger partial charge in [-0.3, -0.25) is 9.20 Å². The first-order chi connectivity index (χ1) is 15.0. The van der Waals surface area contributed by atoms with E-state index in [1.54, 1.807) is 11.0 Å². The minimum absolute atomic E-state index is 0.0172. The molecule has 1 aliphatic heterocycles. The van der Waals surface area contributed by atoms with Gasteiger partial charge in [-0.2, -0.15) is 0 Å². The van der Waals surface area contributed by atoms with Gasteiger partial charge in [-0.05, 0) is 56.0 Å². The lowest BCUT2D eigenvalue weighted by Crippen LogP contribution is -2.32. The maximum atomic E-state index is 13.4. The van der Waals surface area contributed by atoms with E-state index < -0.39 is 10.0 Å². The van der Waals surface area contributed by atoms with Crippen molar-refractivity contribution in [3.05, 3.63) is 54.0 Å². The molecule has 1 aliphatic carbocycles. The van der Waals surface area contributed by atoms with Gasteiger partial charge >= 0.3 is 0 Å². The molecule has 1 saturated carbocycles. The largest absolute Gasteiger partial charge is 0.495 e. The Kier molecular flexibility index (Phi) is 4.90. The highest BCUT2D eigenvalue weighted by molar-refractivity contribution is 7.89. The number of nitrogens with zero attached hydrogens (tertiary/aromatic N) is 4. The smallest absolute Gasteiger partial charge is 0.254 e. The first-order valence-electron chi connectivity index (χ1n) is 10.3. The number of nitrogens with one attached hydrogen (secondary N) is 1. The van der Waals surface area contributed by atoms with Crippen LogP contribution in [0, 0.1) is 0 Å². The van der Waals surface area contributed by atoms with Crippen LogP contribution >= 0.6 is 0 Å². The van der Waals surface area contributed by atoms with Gasteiger partial charge < -0.3 is 9.64 Å². The van der Waals surface area contributed by atoms with Crippen molar-refractivity contribution in [2.24, 2.45) is 0 Å². The monoisotopic (exact) mass is 441 g/mol. The van der Waals surface area contributed by atoms with Crippen molar-refractivity contribution in [3.63, 3.8) is 0 Å². The van der Waals surface area contributed by atoms with Crippen LogP contribution in [0.2, 0.25) is 0 Å². The number of methoxy groups -OCH3 is 1. The van der Waals surface area contributed by atoms with Crippen molar-refractivity contribution in [1.82, 2.24) is 24.2 Å². The summed E-state index contributed by atoms with van der Waals surface area (Å²) in [5.74, 6) is 0.685. The molecule has 0 bridgehead atoms. The molecule has 2 fully saturated rings. The number of fused-ring (bicyclic) bond motifs is 1. The van der Waals surface area contributed by atoms with Gasteiger partial charge in [0.15, 0.2) is 11.5 Å². The molecule has 2 aromatic heterocycles. The lowest BCUT2D eigenvalue weighted by Gasteiger charge is -2.24. The van der Waals surface area contributed by atoms with Crippen LogP contribution in [0.3, 0.4) is 0 Å². The fraction of sp³-hybridized carbons (Fsp3) is 0.381. The Labute approximate surface area is 180 Å². The Balaban J connectivity index is 1.48. The predicted molar refractivity (Wildman–Crippen MR) is 112 cm³/mol. The molecule has 0 unspecified atom stereocenters. The molecule has 0 spiro atoms. The molecule has 10 heteroatoms. The number of sulfonamides is 1. The number of pyridine rings is 1. The topological polar surface area (TPSA) is 106 Å². The lowest BCUT2D eigenvalue weighted by atomic mass is 10.1. The van der Waals surface area contributed by atoms with Crippen LogP contribution in [0.25, 0.3) is 5.65 Å². The van der Waals surface area contributed by atoms with Gasteiger partial charge in [-0.15, -0.1) is 10.2 Å². The van der Waals surface area contributed by atoms with E-state index >= 15 is 0 Å². The first-order valence-corrected chi connectivity index (χ1v) is 11.8. The number of aromatic nitrogens is 3. The van der Waals surface area contributed by atoms with E-state index in [9.17, 15) is 13.2 Å². The summed E-state index contributed by atoms with van der Waals surface area (Å²) in [7, 11) is -2.36. The van der Waals surface area contributed by atoms with E-state index in [1.807, 2.05) is 28.8 Å². The fourth-order valence-electron chi connectivity index (χ4n) is 4.03. The van der Waals surface area contributed by atoms with Crippen LogP contribution in [-0.4, -0.2) is 53.5 Å². The van der Waals surface area contributed by atoms with E-state index in [0.717, 1.165) is 31.3 Å². The third-order valence-electron chi connectivity index (χ3n) is 5.75. The molecule has 1 atom stereocenters. The highest BCUT2D eigenvalue weighted by Gasteiger charge is 2.35. The summed E-state index contributed by atoms with van der Waals surface area (Å²) in [5, 5.41) is 8.52. The molecule has 31 heavy (non-hydrogen) atoms. The summed E-state index contributed by atoms with van der Waals surface area (Å²) < 4.78 is 35.4. The van der Waals surface area contributed by atoms with Gasteiger partial charge in [0.25, 0.3) is 5.91 Å². The molecule has 2 aliphatic rings. The quantitative estimate of drug-likeness (QED) is 0.628. The molecule has 1 N–H and O–H groups in total. The Hall–Kier alpha value is -2.98. The zero-order chi connectivity index (χ0) is 21.6. The number of benzene rings is 1. The minimum Gasteiger partial charge on any atom is -0.495 e. The Bertz CT molecular complexity index is 1250. The highest BCUT2D eigenvalue weighted by atomic mass is 32.2. The molecule has 1 amide bonds. The normalized spacial score (nSPS) is 19.1. The van der Waals surface area contributed by atoms with Crippen LogP contribution in [0.5, 0.6) is 5.75 Å². The van der Waals surface area contributed by atoms with Gasteiger partial charge in [0, 0.05) is 24.3 Å². The van der Waals surface area contributed by atoms with Crippen molar-refractivity contribution in [1.29, 1.82) is 0 Å². The zero-order valence-electron chi connectivity index (χ0n) is 17.1. The SMILES string of the molecule is COc1ccc(C(=O)N2CCC[C@H]2c2nnc3ccccn23)cc1S(=O)(=O)NC1CC1. The molecule has 1 aromatic carbocycles. The number of carbonyl (C=O) groups is 1. The molecule has 162 valence electrons. The third kappa shape index (κ3) is 3.66. The van der Waals surface area contributed by atoms with E-state index in [1.165, 1.54) is 19.2 Å². The predicted octanol–water partition coefficient (Wildman–Crippen LogP) is 2.16. The van der Waals surface area contributed by atoms with Crippen LogP contribution in [0.1, 0.15) is 47.9 Å². The van der Waals surface area contributed by atoms with E-state index in [-0.39, 0.29) is 28.6 Å². The second-order valence-electron chi connectivity index (χ2n) is 7.90. The summed E-state index contributed by atoms with van der Waals surface area (Å²) >= 11 is 0. The maximum Gasteiger partial charge on any atom is 0.254 e. The maximum absolute atomic E-state index is 13.4. The lowest BCUT2D eigenvalue weighted by molar-refractivity contribution is 0.0729. The molecular weight excluding hydrogens is 418 g/mol. The van der Waals surface area contributed by atoms with Crippen molar-refractivity contribution in [2.45, 2.75) is 42.7 Å². The first kappa shape index (κ1) is 20.0. The number of carbonyl (C=O) groups excluding carboxylic acids is 1. The van der Waals surface area contributed by atoms with Crippen molar-refractivity contribution in [3.8, 4) is 5.75 Å². The van der Waals surface area contributed by atoms with Crippen LogP contribution in [-0.2, 0) is 10.0 Å². The summed E-state index contributed by atoms with van der Waals surface area (Å²) in [6.45, 7) is 0.569. The molecule has 9 nitrogen and oxygen atoms in total. The zero-order valence-corrected chi connectivity index (χ0v) is 17.9. The molecular formula is C21H23N5O4S. The van der Waals surface area contributed by atoms with Gasteiger partial charge in [0.1, 0.15) is 10.6 Å². The Morgan fingerprint density at radius 3 is 2.77 bits per heavy atom. The number of likely N-dealkylation sites (tertiary alicyclic amines) is 1. The average molecular weight is 442 g/mol. The summed E-state index contributed by atoms with van der Waals surface area (Å²) in [6, 6.07) is 9.93. The Morgan fingerprint density at radius 2 is 2.00 bits per heavy atom. The number of hydrogen-bond acceptors (Lipinski definition) is 6. The van der Waals surface area contributed by atoms with Crippen molar-refractivity contribution < 1.29 is 17.9 Å². The van der Waals surface area contributed by atoms with Crippen LogP contribution < -0.4 is 9.46 Å². The third-order valence-corrected chi connectivity index (χ3v) is 7.29. The Morgan fingerprint density at radius 1 is 1.16 bits per heavy atom. The van der Waals surface area contributed by atoms with Crippen LogP contribution in [0.4, 0.5) is 0 Å². The number of rotatable bonds is 6. The van der Waals surface area contributed by atoms with Gasteiger partial charge in [0.2, 0.25) is 10.0 Å². The van der Waals surface area contributed by atoms with Crippen molar-refractivity contribution >= 4 is 21.6 Å². The molecule has 5 rings (SSSR count). The molecule has 3 heterocycles.